The summed E-state index contributed by atoms with van der Waals surface area (Å²) in [5, 5.41) is 0. The highest BCUT2D eigenvalue weighted by atomic mass is 16.1. The fraction of sp³-hybridized carbons (Fsp3) is 0.545. The summed E-state index contributed by atoms with van der Waals surface area (Å²) in [4.78, 5) is 10.7. The van der Waals surface area contributed by atoms with Gasteiger partial charge in [-0.3, -0.25) is 4.79 Å². The molecule has 1 rings (SSSR count). The van der Waals surface area contributed by atoms with Crippen LogP contribution in [0, 0.1) is 19.8 Å². The summed E-state index contributed by atoms with van der Waals surface area (Å²) in [6.45, 7) is 9.39. The molecule has 1 aromatic rings. The third-order valence-corrected chi connectivity index (χ3v) is 2.29. The third kappa shape index (κ3) is 2.00. The van der Waals surface area contributed by atoms with Crippen LogP contribution in [0.2, 0.25) is 0 Å². The molecule has 1 aromatic heterocycles. The normalized spacial score (nSPS) is 10.8. The van der Waals surface area contributed by atoms with Crippen molar-refractivity contribution in [2.45, 2.75) is 34.2 Å². The van der Waals surface area contributed by atoms with Gasteiger partial charge in [0.15, 0.2) is 6.29 Å². The Morgan fingerprint density at radius 3 is 2.46 bits per heavy atom. The van der Waals surface area contributed by atoms with Gasteiger partial charge < -0.3 is 4.57 Å². The maximum atomic E-state index is 10.7. The Bertz CT molecular complexity index is 310. The zero-order chi connectivity index (χ0) is 10.0. The van der Waals surface area contributed by atoms with Crippen LogP contribution in [0.4, 0.5) is 0 Å². The van der Waals surface area contributed by atoms with E-state index >= 15 is 0 Å². The Labute approximate surface area is 79.6 Å². The summed E-state index contributed by atoms with van der Waals surface area (Å²) < 4.78 is 2.20. The van der Waals surface area contributed by atoms with Crippen LogP contribution in [0.3, 0.4) is 0 Å². The standard InChI is InChI=1S/C11H17NO/c1-8(2)6-12-9(3)5-11(7-13)10(12)4/h5,7-8H,6H2,1-4H3. The summed E-state index contributed by atoms with van der Waals surface area (Å²) in [6.07, 6.45) is 0.930. The van der Waals surface area contributed by atoms with Gasteiger partial charge in [-0.2, -0.15) is 0 Å². The molecule has 0 N–H and O–H groups in total. The van der Waals surface area contributed by atoms with Crippen LogP contribution in [0.25, 0.3) is 0 Å². The fourth-order valence-corrected chi connectivity index (χ4v) is 1.59. The molecule has 0 fully saturated rings. The Kier molecular flexibility index (Phi) is 2.91. The Morgan fingerprint density at radius 2 is 2.08 bits per heavy atom. The second-order valence-electron chi connectivity index (χ2n) is 3.95. The van der Waals surface area contributed by atoms with E-state index in [1.807, 2.05) is 19.9 Å². The monoisotopic (exact) mass is 179 g/mol. The van der Waals surface area contributed by atoms with Crippen molar-refractivity contribution >= 4 is 6.29 Å². The van der Waals surface area contributed by atoms with Crippen LogP contribution in [0.1, 0.15) is 35.6 Å². The third-order valence-electron chi connectivity index (χ3n) is 2.29. The predicted octanol–water partition coefficient (Wildman–Crippen LogP) is 2.57. The van der Waals surface area contributed by atoms with Crippen molar-refractivity contribution in [1.82, 2.24) is 4.57 Å². The summed E-state index contributed by atoms with van der Waals surface area (Å²) in [6, 6.07) is 1.95. The molecule has 0 saturated carbocycles. The van der Waals surface area contributed by atoms with E-state index in [2.05, 4.69) is 18.4 Å². The zero-order valence-electron chi connectivity index (χ0n) is 8.79. The van der Waals surface area contributed by atoms with E-state index in [4.69, 9.17) is 0 Å². The van der Waals surface area contributed by atoms with Crippen molar-refractivity contribution in [2.24, 2.45) is 5.92 Å². The van der Waals surface area contributed by atoms with Crippen molar-refractivity contribution in [3.05, 3.63) is 23.0 Å². The Hall–Kier alpha value is -1.05. The lowest BCUT2D eigenvalue weighted by molar-refractivity contribution is 0.112. The first-order valence-electron chi connectivity index (χ1n) is 4.68. The summed E-state index contributed by atoms with van der Waals surface area (Å²) >= 11 is 0. The second-order valence-corrected chi connectivity index (χ2v) is 3.95. The first-order valence-corrected chi connectivity index (χ1v) is 4.68. The lowest BCUT2D eigenvalue weighted by atomic mass is 10.2. The van der Waals surface area contributed by atoms with E-state index in [9.17, 15) is 4.79 Å². The molecule has 0 spiro atoms. The molecule has 0 amide bonds. The number of carbonyl (C=O) groups excluding carboxylic acids is 1. The number of aromatic nitrogens is 1. The minimum atomic E-state index is 0.615. The largest absolute Gasteiger partial charge is 0.348 e. The molecule has 2 heteroatoms. The van der Waals surface area contributed by atoms with E-state index in [0.29, 0.717) is 5.92 Å². The molecule has 2 nitrogen and oxygen atoms in total. The lowest BCUT2D eigenvalue weighted by Crippen LogP contribution is -2.07. The molecule has 0 atom stereocenters. The highest BCUT2D eigenvalue weighted by Crippen LogP contribution is 2.14. The first kappa shape index (κ1) is 10.0. The van der Waals surface area contributed by atoms with Crippen LogP contribution in [0.5, 0.6) is 0 Å². The topological polar surface area (TPSA) is 22.0 Å². The number of rotatable bonds is 3. The molecule has 0 unspecified atom stereocenters. The zero-order valence-corrected chi connectivity index (χ0v) is 8.79. The van der Waals surface area contributed by atoms with Gasteiger partial charge in [-0.15, -0.1) is 0 Å². The molecule has 0 bridgehead atoms. The van der Waals surface area contributed by atoms with Gasteiger partial charge in [0.05, 0.1) is 0 Å². The van der Waals surface area contributed by atoms with E-state index in [1.54, 1.807) is 0 Å². The highest BCUT2D eigenvalue weighted by molar-refractivity contribution is 5.77. The predicted molar refractivity (Wildman–Crippen MR) is 54.1 cm³/mol. The van der Waals surface area contributed by atoms with Crippen molar-refractivity contribution in [1.29, 1.82) is 0 Å². The molecule has 13 heavy (non-hydrogen) atoms. The van der Waals surface area contributed by atoms with E-state index in [1.165, 1.54) is 5.69 Å². The Balaban J connectivity index is 3.05. The number of aldehydes is 1. The number of carbonyl (C=O) groups is 1. The van der Waals surface area contributed by atoms with Crippen LogP contribution < -0.4 is 0 Å². The maximum Gasteiger partial charge on any atom is 0.151 e. The number of hydrogen-bond acceptors (Lipinski definition) is 1. The lowest BCUT2D eigenvalue weighted by Gasteiger charge is -2.11. The van der Waals surface area contributed by atoms with E-state index < -0.39 is 0 Å². The van der Waals surface area contributed by atoms with Crippen molar-refractivity contribution in [2.75, 3.05) is 0 Å². The van der Waals surface area contributed by atoms with Crippen LogP contribution in [-0.2, 0) is 6.54 Å². The van der Waals surface area contributed by atoms with Crippen LogP contribution in [0.15, 0.2) is 6.07 Å². The number of nitrogens with zero attached hydrogens (tertiary/aromatic N) is 1. The average Bonchev–Trinajstić information content (AvgIpc) is 2.31. The highest BCUT2D eigenvalue weighted by Gasteiger charge is 2.08. The van der Waals surface area contributed by atoms with Gasteiger partial charge in [-0.1, -0.05) is 13.8 Å². The van der Waals surface area contributed by atoms with Gasteiger partial charge in [-0.25, -0.2) is 0 Å². The molecule has 72 valence electrons. The quantitative estimate of drug-likeness (QED) is 0.654. The smallest absolute Gasteiger partial charge is 0.151 e. The molecular formula is C11H17NO. The van der Waals surface area contributed by atoms with Crippen LogP contribution >= 0.6 is 0 Å². The van der Waals surface area contributed by atoms with Crippen molar-refractivity contribution < 1.29 is 4.79 Å². The SMILES string of the molecule is Cc1cc(C=O)c(C)n1CC(C)C. The van der Waals surface area contributed by atoms with Gasteiger partial charge in [-0.05, 0) is 25.8 Å². The van der Waals surface area contributed by atoms with E-state index in [0.717, 1.165) is 24.1 Å². The molecule has 0 aliphatic rings. The minimum Gasteiger partial charge on any atom is -0.348 e. The minimum absolute atomic E-state index is 0.615. The van der Waals surface area contributed by atoms with E-state index in [-0.39, 0.29) is 0 Å². The molecule has 0 saturated heterocycles. The summed E-state index contributed by atoms with van der Waals surface area (Å²) in [7, 11) is 0. The van der Waals surface area contributed by atoms with Crippen molar-refractivity contribution in [3.63, 3.8) is 0 Å². The summed E-state index contributed by atoms with van der Waals surface area (Å²) in [5.41, 5.74) is 3.08. The molecular weight excluding hydrogens is 162 g/mol. The fourth-order valence-electron chi connectivity index (χ4n) is 1.59. The van der Waals surface area contributed by atoms with Gasteiger partial charge in [0, 0.05) is 23.5 Å². The van der Waals surface area contributed by atoms with Crippen molar-refractivity contribution in [3.8, 4) is 0 Å². The molecule has 1 heterocycles. The van der Waals surface area contributed by atoms with Gasteiger partial charge in [0.1, 0.15) is 0 Å². The van der Waals surface area contributed by atoms with Gasteiger partial charge in [0.2, 0.25) is 0 Å². The van der Waals surface area contributed by atoms with Crippen LogP contribution in [-0.4, -0.2) is 10.9 Å². The number of hydrogen-bond donors (Lipinski definition) is 0. The first-order chi connectivity index (χ1) is 6.06. The molecule has 0 aliphatic carbocycles. The number of aryl methyl sites for hydroxylation is 1. The average molecular weight is 179 g/mol. The second kappa shape index (κ2) is 3.77. The molecule has 0 aromatic carbocycles. The maximum absolute atomic E-state index is 10.7. The summed E-state index contributed by atoms with van der Waals surface area (Å²) in [5.74, 6) is 0.615. The molecule has 0 radical (unpaired) electrons. The molecule has 0 aliphatic heterocycles. The Morgan fingerprint density at radius 1 is 1.46 bits per heavy atom. The van der Waals surface area contributed by atoms with Gasteiger partial charge in [0.25, 0.3) is 0 Å². The van der Waals surface area contributed by atoms with Gasteiger partial charge >= 0.3 is 0 Å².